The summed E-state index contributed by atoms with van der Waals surface area (Å²) in [7, 11) is 5.95. The Morgan fingerprint density at radius 2 is 1.90 bits per heavy atom. The molecule has 0 aliphatic heterocycles. The highest BCUT2D eigenvalue weighted by atomic mass is 35.5. The molecular formula is C15H25ClN4. The molecule has 0 aliphatic rings. The summed E-state index contributed by atoms with van der Waals surface area (Å²) in [6, 6.07) is 7.93. The predicted molar refractivity (Wildman–Crippen MR) is 87.7 cm³/mol. The van der Waals surface area contributed by atoms with Crippen LogP contribution in [0.2, 0.25) is 5.02 Å². The highest BCUT2D eigenvalue weighted by Crippen LogP contribution is 2.14. The van der Waals surface area contributed by atoms with E-state index in [9.17, 15) is 0 Å². The van der Waals surface area contributed by atoms with Crippen molar-refractivity contribution in [2.75, 3.05) is 40.8 Å². The summed E-state index contributed by atoms with van der Waals surface area (Å²) in [6.07, 6.45) is 1.98. The number of nitrogens with one attached hydrogen (secondary N) is 2. The molecule has 0 spiro atoms. The maximum Gasteiger partial charge on any atom is 0.190 e. The normalized spacial score (nSPS) is 11.8. The minimum absolute atomic E-state index is 0.817. The lowest BCUT2D eigenvalue weighted by Crippen LogP contribution is -2.39. The Balaban J connectivity index is 2.23. The van der Waals surface area contributed by atoms with E-state index in [-0.39, 0.29) is 0 Å². The first kappa shape index (κ1) is 16.8. The summed E-state index contributed by atoms with van der Waals surface area (Å²) in [5.74, 6) is 0.843. The van der Waals surface area contributed by atoms with Crippen molar-refractivity contribution in [3.05, 3.63) is 34.9 Å². The van der Waals surface area contributed by atoms with Gasteiger partial charge in [0.15, 0.2) is 5.96 Å². The van der Waals surface area contributed by atoms with Crippen LogP contribution in [0.4, 0.5) is 0 Å². The zero-order valence-corrected chi connectivity index (χ0v) is 13.4. The molecule has 0 unspecified atom stereocenters. The van der Waals surface area contributed by atoms with Gasteiger partial charge in [-0.3, -0.25) is 4.99 Å². The van der Waals surface area contributed by atoms with E-state index in [1.165, 1.54) is 0 Å². The van der Waals surface area contributed by atoms with Crippen LogP contribution in [0.25, 0.3) is 0 Å². The van der Waals surface area contributed by atoms with Gasteiger partial charge in [0.1, 0.15) is 0 Å². The SMILES string of the molecule is CN=C(NCCCN(C)C)NCCc1ccccc1Cl. The van der Waals surface area contributed by atoms with Crippen LogP contribution < -0.4 is 10.6 Å². The molecule has 0 saturated carbocycles. The van der Waals surface area contributed by atoms with Crippen molar-refractivity contribution in [1.29, 1.82) is 0 Å². The molecule has 0 aliphatic carbocycles. The lowest BCUT2D eigenvalue weighted by molar-refractivity contribution is 0.399. The van der Waals surface area contributed by atoms with Gasteiger partial charge in [0, 0.05) is 25.2 Å². The Bertz CT molecular complexity index is 418. The second kappa shape index (κ2) is 9.61. The van der Waals surface area contributed by atoms with Gasteiger partial charge in [0.05, 0.1) is 0 Å². The van der Waals surface area contributed by atoms with Gasteiger partial charge >= 0.3 is 0 Å². The Kier molecular flexibility index (Phi) is 8.07. The smallest absolute Gasteiger partial charge is 0.190 e. The highest BCUT2D eigenvalue weighted by molar-refractivity contribution is 6.31. The van der Waals surface area contributed by atoms with E-state index in [2.05, 4.69) is 40.7 Å². The number of rotatable bonds is 7. The van der Waals surface area contributed by atoms with Crippen molar-refractivity contribution >= 4 is 17.6 Å². The second-order valence-corrected chi connectivity index (χ2v) is 5.33. The van der Waals surface area contributed by atoms with E-state index < -0.39 is 0 Å². The van der Waals surface area contributed by atoms with Gasteiger partial charge in [-0.1, -0.05) is 29.8 Å². The number of aliphatic imine (C=N–C) groups is 1. The standard InChI is InChI=1S/C15H25ClN4/c1-17-15(18-10-6-12-20(2)3)19-11-9-13-7-4-5-8-14(13)16/h4-5,7-8H,6,9-12H2,1-3H3,(H2,17,18,19). The third kappa shape index (κ3) is 6.78. The van der Waals surface area contributed by atoms with Crippen molar-refractivity contribution in [2.24, 2.45) is 4.99 Å². The monoisotopic (exact) mass is 296 g/mol. The number of nitrogens with zero attached hydrogens (tertiary/aromatic N) is 2. The van der Waals surface area contributed by atoms with Crippen molar-refractivity contribution in [3.8, 4) is 0 Å². The molecular weight excluding hydrogens is 272 g/mol. The molecule has 0 radical (unpaired) electrons. The average molecular weight is 297 g/mol. The van der Waals surface area contributed by atoms with E-state index in [0.29, 0.717) is 0 Å². The number of benzene rings is 1. The summed E-state index contributed by atoms with van der Waals surface area (Å²) >= 11 is 6.13. The van der Waals surface area contributed by atoms with Gasteiger partial charge in [0.25, 0.3) is 0 Å². The maximum atomic E-state index is 6.13. The van der Waals surface area contributed by atoms with Crippen LogP contribution in [-0.2, 0) is 6.42 Å². The molecule has 0 amide bonds. The van der Waals surface area contributed by atoms with E-state index in [0.717, 1.165) is 49.0 Å². The fourth-order valence-corrected chi connectivity index (χ4v) is 2.07. The molecule has 0 fully saturated rings. The summed E-state index contributed by atoms with van der Waals surface area (Å²) in [6.45, 7) is 2.81. The molecule has 0 saturated heterocycles. The van der Waals surface area contributed by atoms with Crippen LogP contribution in [-0.4, -0.2) is 51.6 Å². The number of halogens is 1. The number of guanidine groups is 1. The molecule has 112 valence electrons. The molecule has 1 rings (SSSR count). The number of hydrogen-bond donors (Lipinski definition) is 2. The van der Waals surface area contributed by atoms with Crippen molar-refractivity contribution in [1.82, 2.24) is 15.5 Å². The average Bonchev–Trinajstić information content (AvgIpc) is 2.43. The second-order valence-electron chi connectivity index (χ2n) is 4.92. The van der Waals surface area contributed by atoms with E-state index >= 15 is 0 Å². The van der Waals surface area contributed by atoms with Crippen molar-refractivity contribution in [3.63, 3.8) is 0 Å². The molecule has 0 heterocycles. The molecule has 0 atom stereocenters. The summed E-state index contributed by atoms with van der Waals surface area (Å²) in [5.41, 5.74) is 1.16. The first-order chi connectivity index (χ1) is 9.63. The fraction of sp³-hybridized carbons (Fsp3) is 0.533. The fourth-order valence-electron chi connectivity index (χ4n) is 1.84. The molecule has 20 heavy (non-hydrogen) atoms. The van der Waals surface area contributed by atoms with Gasteiger partial charge in [-0.25, -0.2) is 0 Å². The Morgan fingerprint density at radius 1 is 1.20 bits per heavy atom. The molecule has 5 heteroatoms. The Morgan fingerprint density at radius 3 is 2.55 bits per heavy atom. The van der Waals surface area contributed by atoms with Crippen LogP contribution >= 0.6 is 11.6 Å². The van der Waals surface area contributed by atoms with E-state index in [4.69, 9.17) is 11.6 Å². The quantitative estimate of drug-likeness (QED) is 0.459. The third-order valence-corrected chi connectivity index (χ3v) is 3.31. The Hall–Kier alpha value is -1.26. The van der Waals surface area contributed by atoms with Gasteiger partial charge in [0.2, 0.25) is 0 Å². The van der Waals surface area contributed by atoms with Crippen LogP contribution in [0, 0.1) is 0 Å². The highest BCUT2D eigenvalue weighted by Gasteiger charge is 2.00. The lowest BCUT2D eigenvalue weighted by atomic mass is 10.1. The predicted octanol–water partition coefficient (Wildman–Crippen LogP) is 2.00. The van der Waals surface area contributed by atoms with E-state index in [1.807, 2.05) is 18.2 Å². The maximum absolute atomic E-state index is 6.13. The molecule has 0 bridgehead atoms. The first-order valence-electron chi connectivity index (χ1n) is 6.96. The van der Waals surface area contributed by atoms with E-state index in [1.54, 1.807) is 7.05 Å². The van der Waals surface area contributed by atoms with Gasteiger partial charge in [-0.05, 0) is 45.1 Å². The van der Waals surface area contributed by atoms with Crippen molar-refractivity contribution in [2.45, 2.75) is 12.8 Å². The lowest BCUT2D eigenvalue weighted by Gasteiger charge is -2.13. The molecule has 2 N–H and O–H groups in total. The summed E-state index contributed by atoms with van der Waals surface area (Å²) in [4.78, 5) is 6.38. The summed E-state index contributed by atoms with van der Waals surface area (Å²) < 4.78 is 0. The first-order valence-corrected chi connectivity index (χ1v) is 7.34. The molecule has 4 nitrogen and oxygen atoms in total. The topological polar surface area (TPSA) is 39.7 Å². The number of hydrogen-bond acceptors (Lipinski definition) is 2. The van der Waals surface area contributed by atoms with Crippen LogP contribution in [0.15, 0.2) is 29.3 Å². The van der Waals surface area contributed by atoms with Gasteiger partial charge < -0.3 is 15.5 Å². The zero-order valence-electron chi connectivity index (χ0n) is 12.6. The minimum Gasteiger partial charge on any atom is -0.356 e. The Labute approximate surface area is 127 Å². The minimum atomic E-state index is 0.817. The summed E-state index contributed by atoms with van der Waals surface area (Å²) in [5, 5.41) is 7.43. The van der Waals surface area contributed by atoms with Crippen LogP contribution in [0.1, 0.15) is 12.0 Å². The molecule has 1 aromatic carbocycles. The molecule has 0 aromatic heterocycles. The van der Waals surface area contributed by atoms with Gasteiger partial charge in [-0.2, -0.15) is 0 Å². The van der Waals surface area contributed by atoms with Gasteiger partial charge in [-0.15, -0.1) is 0 Å². The van der Waals surface area contributed by atoms with Crippen LogP contribution in [0.5, 0.6) is 0 Å². The zero-order chi connectivity index (χ0) is 14.8. The largest absolute Gasteiger partial charge is 0.356 e. The molecule has 1 aromatic rings. The van der Waals surface area contributed by atoms with Crippen molar-refractivity contribution < 1.29 is 0 Å². The third-order valence-electron chi connectivity index (χ3n) is 2.94. The van der Waals surface area contributed by atoms with Crippen LogP contribution in [0.3, 0.4) is 0 Å².